The number of amides is 1. The highest BCUT2D eigenvalue weighted by Crippen LogP contribution is 2.28. The summed E-state index contributed by atoms with van der Waals surface area (Å²) >= 11 is 0. The summed E-state index contributed by atoms with van der Waals surface area (Å²) < 4.78 is 27.7. The van der Waals surface area contributed by atoms with Crippen molar-refractivity contribution < 1.29 is 13.6 Å². The number of piperidine rings is 1. The third-order valence-corrected chi connectivity index (χ3v) is 6.41. The van der Waals surface area contributed by atoms with Crippen molar-refractivity contribution in [2.45, 2.75) is 26.4 Å². The van der Waals surface area contributed by atoms with Gasteiger partial charge in [0.05, 0.1) is 10.9 Å². The molecule has 1 aromatic heterocycles. The van der Waals surface area contributed by atoms with E-state index in [0.29, 0.717) is 6.07 Å². The number of halogens is 2. The van der Waals surface area contributed by atoms with E-state index in [0.717, 1.165) is 25.7 Å². The molecule has 32 heavy (non-hydrogen) atoms. The highest BCUT2D eigenvalue weighted by Gasteiger charge is 2.37. The van der Waals surface area contributed by atoms with Gasteiger partial charge in [0.15, 0.2) is 0 Å². The van der Waals surface area contributed by atoms with Gasteiger partial charge in [0, 0.05) is 45.0 Å². The average Bonchev–Trinajstić information content (AvgIpc) is 2.74. The first-order chi connectivity index (χ1) is 15.3. The van der Waals surface area contributed by atoms with Gasteiger partial charge in [0.25, 0.3) is 5.91 Å². The molecular formula is C25H27F2N3O2. The lowest BCUT2D eigenvalue weighted by molar-refractivity contribution is 0.0270. The summed E-state index contributed by atoms with van der Waals surface area (Å²) in [5, 5.41) is -0.166. The zero-order valence-electron chi connectivity index (χ0n) is 18.4. The number of hydrogen-bond acceptors (Lipinski definition) is 3. The van der Waals surface area contributed by atoms with Crippen molar-refractivity contribution in [2.24, 2.45) is 11.8 Å². The number of H-pyrrole nitrogens is 1. The van der Waals surface area contributed by atoms with Crippen LogP contribution in [0.1, 0.15) is 29.8 Å². The number of fused-ring (bicyclic) bond motifs is 1. The van der Waals surface area contributed by atoms with Gasteiger partial charge in [-0.3, -0.25) is 14.5 Å². The Kier molecular flexibility index (Phi) is 6.11. The van der Waals surface area contributed by atoms with Crippen LogP contribution in [0.15, 0.2) is 53.5 Å². The topological polar surface area (TPSA) is 56.4 Å². The highest BCUT2D eigenvalue weighted by molar-refractivity contribution is 5.97. The molecule has 3 aromatic rings. The van der Waals surface area contributed by atoms with E-state index in [1.807, 2.05) is 18.2 Å². The highest BCUT2D eigenvalue weighted by atomic mass is 19.1. The van der Waals surface area contributed by atoms with Crippen molar-refractivity contribution in [2.75, 3.05) is 20.1 Å². The summed E-state index contributed by atoms with van der Waals surface area (Å²) in [7, 11) is 1.70. The number of aromatic amines is 1. The maximum Gasteiger partial charge on any atom is 0.259 e. The molecule has 1 aliphatic rings. The van der Waals surface area contributed by atoms with Crippen molar-refractivity contribution in [1.82, 2.24) is 14.8 Å². The van der Waals surface area contributed by atoms with Crippen molar-refractivity contribution in [3.05, 3.63) is 81.6 Å². The van der Waals surface area contributed by atoms with Gasteiger partial charge in [-0.25, -0.2) is 8.78 Å². The van der Waals surface area contributed by atoms with Gasteiger partial charge < -0.3 is 9.88 Å². The standard InChI is InChI=1S/C25H27F2N3O2/c1-15-12-30(14-17-7-5-4-6-8-17)13-16(2)23(15)29(3)25(32)20-11-28-22-19(24(20)31)9-18(26)10-21(22)27/h4-11,15-16,23H,12-14H2,1-3H3,(H,28,31)/t15-,16+,23?. The molecule has 3 atom stereocenters. The molecule has 2 aromatic carbocycles. The summed E-state index contributed by atoms with van der Waals surface area (Å²) in [4.78, 5) is 32.8. The Bertz CT molecular complexity index is 1180. The Hall–Kier alpha value is -3.06. The molecule has 7 heteroatoms. The van der Waals surface area contributed by atoms with E-state index < -0.39 is 23.0 Å². The molecule has 1 unspecified atom stereocenters. The monoisotopic (exact) mass is 439 g/mol. The molecule has 1 aliphatic heterocycles. The second kappa shape index (κ2) is 8.82. The zero-order chi connectivity index (χ0) is 23.0. The van der Waals surface area contributed by atoms with Gasteiger partial charge in [0.1, 0.15) is 17.2 Å². The second-order valence-electron chi connectivity index (χ2n) is 8.88. The van der Waals surface area contributed by atoms with Crippen LogP contribution >= 0.6 is 0 Å². The first-order valence-corrected chi connectivity index (χ1v) is 10.8. The predicted octanol–water partition coefficient (Wildman–Crippen LogP) is 4.03. The molecule has 0 spiro atoms. The molecule has 0 saturated carbocycles. The number of carbonyl (C=O) groups is 1. The zero-order valence-corrected chi connectivity index (χ0v) is 18.4. The molecular weight excluding hydrogens is 412 g/mol. The van der Waals surface area contributed by atoms with Gasteiger partial charge in [-0.2, -0.15) is 0 Å². The van der Waals surface area contributed by atoms with Gasteiger partial charge in [-0.15, -0.1) is 0 Å². The maximum atomic E-state index is 14.0. The quantitative estimate of drug-likeness (QED) is 0.668. The molecule has 2 heterocycles. The van der Waals surface area contributed by atoms with Crippen LogP contribution < -0.4 is 5.43 Å². The molecule has 4 rings (SSSR count). The minimum atomic E-state index is -0.863. The Morgan fingerprint density at radius 1 is 1.12 bits per heavy atom. The number of likely N-dealkylation sites (tertiary alicyclic amines) is 1. The molecule has 1 N–H and O–H groups in total. The molecule has 0 bridgehead atoms. The van der Waals surface area contributed by atoms with Gasteiger partial charge in [0.2, 0.25) is 5.43 Å². The van der Waals surface area contributed by atoms with Crippen molar-refractivity contribution in [3.8, 4) is 0 Å². The minimum absolute atomic E-state index is 0.0612. The first-order valence-electron chi connectivity index (χ1n) is 10.8. The number of aromatic nitrogens is 1. The molecule has 0 aliphatic carbocycles. The first kappa shape index (κ1) is 22.1. The van der Waals surface area contributed by atoms with Crippen LogP contribution in [0, 0.1) is 23.5 Å². The Morgan fingerprint density at radius 2 is 1.78 bits per heavy atom. The lowest BCUT2D eigenvalue weighted by Gasteiger charge is -2.45. The van der Waals surface area contributed by atoms with Crippen LogP contribution in [-0.4, -0.2) is 46.9 Å². The van der Waals surface area contributed by atoms with E-state index >= 15 is 0 Å². The van der Waals surface area contributed by atoms with Gasteiger partial charge >= 0.3 is 0 Å². The van der Waals surface area contributed by atoms with E-state index in [2.05, 4.69) is 35.9 Å². The van der Waals surface area contributed by atoms with Crippen LogP contribution in [0.2, 0.25) is 0 Å². The Morgan fingerprint density at radius 3 is 2.44 bits per heavy atom. The molecule has 1 amide bonds. The van der Waals surface area contributed by atoms with E-state index in [-0.39, 0.29) is 34.3 Å². The van der Waals surface area contributed by atoms with E-state index in [1.165, 1.54) is 11.8 Å². The van der Waals surface area contributed by atoms with Crippen LogP contribution in [-0.2, 0) is 6.54 Å². The number of rotatable bonds is 4. The van der Waals surface area contributed by atoms with Crippen LogP contribution in [0.25, 0.3) is 10.9 Å². The minimum Gasteiger partial charge on any atom is -0.358 e. The van der Waals surface area contributed by atoms with Crippen molar-refractivity contribution >= 4 is 16.8 Å². The van der Waals surface area contributed by atoms with Gasteiger partial charge in [-0.1, -0.05) is 44.2 Å². The lowest BCUT2D eigenvalue weighted by atomic mass is 9.84. The van der Waals surface area contributed by atoms with Crippen LogP contribution in [0.3, 0.4) is 0 Å². The van der Waals surface area contributed by atoms with Crippen LogP contribution in [0.5, 0.6) is 0 Å². The van der Waals surface area contributed by atoms with Crippen molar-refractivity contribution in [3.63, 3.8) is 0 Å². The Labute approximate surface area is 185 Å². The van der Waals surface area contributed by atoms with E-state index in [1.54, 1.807) is 11.9 Å². The second-order valence-corrected chi connectivity index (χ2v) is 8.88. The molecule has 1 saturated heterocycles. The summed E-state index contributed by atoms with van der Waals surface area (Å²) in [6.07, 6.45) is 1.23. The lowest BCUT2D eigenvalue weighted by Crippen LogP contribution is -2.55. The number of carbonyl (C=O) groups excluding carboxylic acids is 1. The fraction of sp³-hybridized carbons (Fsp3) is 0.360. The molecule has 0 radical (unpaired) electrons. The summed E-state index contributed by atoms with van der Waals surface area (Å²) in [6, 6.07) is 11.9. The number of pyridine rings is 1. The molecule has 5 nitrogen and oxygen atoms in total. The maximum absolute atomic E-state index is 14.0. The molecule has 168 valence electrons. The predicted molar refractivity (Wildman–Crippen MR) is 120 cm³/mol. The largest absolute Gasteiger partial charge is 0.358 e. The number of benzene rings is 2. The van der Waals surface area contributed by atoms with E-state index in [4.69, 9.17) is 0 Å². The summed E-state index contributed by atoms with van der Waals surface area (Å²) in [5.41, 5.74) is 0.357. The SMILES string of the molecule is C[C@@H]1CN(Cc2ccccc2)C[C@H](C)C1N(C)C(=O)c1c[nH]c2c(F)cc(F)cc2c1=O. The molecule has 1 fully saturated rings. The third-order valence-electron chi connectivity index (χ3n) is 6.41. The summed E-state index contributed by atoms with van der Waals surface area (Å²) in [6.45, 7) is 6.72. The average molecular weight is 440 g/mol. The normalized spacial score (nSPS) is 21.6. The van der Waals surface area contributed by atoms with Gasteiger partial charge in [-0.05, 0) is 23.5 Å². The Balaban J connectivity index is 1.55. The third kappa shape index (κ3) is 4.17. The number of nitrogens with zero attached hydrogens (tertiary/aromatic N) is 2. The smallest absolute Gasteiger partial charge is 0.259 e. The van der Waals surface area contributed by atoms with Crippen molar-refractivity contribution in [1.29, 1.82) is 0 Å². The summed E-state index contributed by atoms with van der Waals surface area (Å²) in [5.74, 6) is -1.79. The fourth-order valence-electron chi connectivity index (χ4n) is 5.14. The fourth-order valence-corrected chi connectivity index (χ4v) is 5.14. The van der Waals surface area contributed by atoms with Crippen LogP contribution in [0.4, 0.5) is 8.78 Å². The van der Waals surface area contributed by atoms with E-state index in [9.17, 15) is 18.4 Å². The number of nitrogens with one attached hydrogen (secondary N) is 1. The number of hydrogen-bond donors (Lipinski definition) is 1.